The quantitative estimate of drug-likeness (QED) is 0.546. The first-order valence-corrected chi connectivity index (χ1v) is 10.4. The molecule has 3 aromatic carbocycles. The van der Waals surface area contributed by atoms with E-state index in [-0.39, 0.29) is 12.6 Å². The van der Waals surface area contributed by atoms with Crippen molar-refractivity contribution in [2.45, 2.75) is 13.1 Å². The van der Waals surface area contributed by atoms with Crippen LogP contribution in [0.3, 0.4) is 0 Å². The number of amidine groups is 1. The van der Waals surface area contributed by atoms with Crippen molar-refractivity contribution >= 4 is 34.6 Å². The van der Waals surface area contributed by atoms with Gasteiger partial charge in [0, 0.05) is 23.2 Å². The van der Waals surface area contributed by atoms with Crippen molar-refractivity contribution in [2.75, 3.05) is 23.8 Å². The molecule has 0 fully saturated rings. The van der Waals surface area contributed by atoms with Crippen LogP contribution in [-0.2, 0) is 4.79 Å². The van der Waals surface area contributed by atoms with Gasteiger partial charge in [0.15, 0.2) is 29.3 Å². The van der Waals surface area contributed by atoms with Gasteiger partial charge in [0.05, 0.1) is 12.8 Å². The number of Topliss-reactive ketones (excluding diaryl/α,β-unsaturated/α-hetero) is 1. The topological polar surface area (TPSA) is 63.6 Å². The third kappa shape index (κ3) is 3.50. The fourth-order valence-corrected chi connectivity index (χ4v) is 3.96. The summed E-state index contributed by atoms with van der Waals surface area (Å²) in [6, 6.07) is 20.6. The number of ketones is 1. The lowest BCUT2D eigenvalue weighted by atomic mass is 10.1. The molecule has 5 rings (SSSR count). The maximum Gasteiger partial charge on any atom is 0.231 e. The van der Waals surface area contributed by atoms with Crippen molar-refractivity contribution in [3.05, 3.63) is 77.3 Å². The third-order valence-electron chi connectivity index (χ3n) is 5.36. The molecule has 0 radical (unpaired) electrons. The monoisotopic (exact) mass is 449 g/mol. The number of ether oxygens (including phenoxy) is 3. The highest BCUT2D eigenvalue weighted by Gasteiger charge is 2.39. The van der Waals surface area contributed by atoms with Gasteiger partial charge in [-0.1, -0.05) is 17.7 Å². The van der Waals surface area contributed by atoms with E-state index in [1.807, 2.05) is 64.5 Å². The van der Waals surface area contributed by atoms with Gasteiger partial charge in [-0.25, -0.2) is 5.01 Å². The van der Waals surface area contributed by atoms with E-state index in [0.29, 0.717) is 22.4 Å². The number of nitrogens with zero attached hydrogens (tertiary/aromatic N) is 3. The molecule has 162 valence electrons. The molecule has 2 aliphatic heterocycles. The van der Waals surface area contributed by atoms with Crippen molar-refractivity contribution in [3.8, 4) is 17.2 Å². The number of hydrogen-bond acceptors (Lipinski definition) is 7. The van der Waals surface area contributed by atoms with Crippen LogP contribution in [0.2, 0.25) is 5.02 Å². The van der Waals surface area contributed by atoms with Crippen LogP contribution >= 0.6 is 11.6 Å². The predicted octanol–water partition coefficient (Wildman–Crippen LogP) is 5.01. The maximum atomic E-state index is 12.6. The fourth-order valence-electron chi connectivity index (χ4n) is 3.83. The summed E-state index contributed by atoms with van der Waals surface area (Å²) < 4.78 is 16.4. The van der Waals surface area contributed by atoms with Crippen LogP contribution in [0.5, 0.6) is 17.2 Å². The normalized spacial score (nSPS) is 16.8. The van der Waals surface area contributed by atoms with Gasteiger partial charge in [0.1, 0.15) is 5.75 Å². The summed E-state index contributed by atoms with van der Waals surface area (Å²) in [6.07, 6.45) is -0.432. The van der Waals surface area contributed by atoms with Crippen LogP contribution in [0.15, 0.2) is 71.8 Å². The number of rotatable bonds is 5. The van der Waals surface area contributed by atoms with E-state index in [2.05, 4.69) is 0 Å². The zero-order chi connectivity index (χ0) is 22.2. The van der Waals surface area contributed by atoms with Gasteiger partial charge >= 0.3 is 0 Å². The molecule has 0 N–H and O–H groups in total. The number of carbonyl (C=O) groups excluding carboxylic acids is 1. The number of benzene rings is 3. The molecule has 0 saturated heterocycles. The minimum Gasteiger partial charge on any atom is -0.497 e. The molecule has 0 saturated carbocycles. The Morgan fingerprint density at radius 1 is 1.00 bits per heavy atom. The molecule has 1 atom stereocenters. The lowest BCUT2D eigenvalue weighted by molar-refractivity contribution is -0.111. The van der Waals surface area contributed by atoms with Gasteiger partial charge in [-0.3, -0.25) is 9.69 Å². The number of anilines is 2. The van der Waals surface area contributed by atoms with Crippen LogP contribution in [0.4, 0.5) is 11.4 Å². The lowest BCUT2D eigenvalue weighted by Crippen LogP contribution is -2.37. The first-order chi connectivity index (χ1) is 15.5. The van der Waals surface area contributed by atoms with E-state index < -0.39 is 6.17 Å². The Hall–Kier alpha value is -3.71. The van der Waals surface area contributed by atoms with Gasteiger partial charge in [-0.2, -0.15) is 0 Å². The zero-order valence-corrected chi connectivity index (χ0v) is 18.2. The Morgan fingerprint density at radius 3 is 2.38 bits per heavy atom. The molecule has 0 spiro atoms. The smallest absolute Gasteiger partial charge is 0.231 e. The predicted molar refractivity (Wildman–Crippen MR) is 123 cm³/mol. The molecule has 0 aromatic heterocycles. The second-order valence-electron chi connectivity index (χ2n) is 7.36. The Kier molecular flexibility index (Phi) is 5.11. The summed E-state index contributed by atoms with van der Waals surface area (Å²) in [5.74, 6) is 2.25. The van der Waals surface area contributed by atoms with E-state index >= 15 is 0 Å². The number of methoxy groups -OCH3 is 1. The lowest BCUT2D eigenvalue weighted by Gasteiger charge is -2.32. The SMILES string of the molecule is COc1ccc(N2N=C(C(C)=O)N(c3ccc(Cl)cc3)[C@@H]2c2ccc3c(c2)OCO3)cc1. The minimum atomic E-state index is -0.432. The maximum absolute atomic E-state index is 12.6. The number of hydrazone groups is 1. The Balaban J connectivity index is 1.66. The standard InChI is InChI=1S/C24H20ClN3O4/c1-15(29)23-26-28(19-8-10-20(30-2)11-9-19)24(27(23)18-6-4-17(25)5-7-18)16-3-12-21-22(13-16)32-14-31-21/h3-13,24H,14H2,1-2H3/t24-/m0/s1. The van der Waals surface area contributed by atoms with E-state index in [1.165, 1.54) is 6.92 Å². The first-order valence-electron chi connectivity index (χ1n) is 10.0. The Morgan fingerprint density at radius 2 is 1.69 bits per heavy atom. The summed E-state index contributed by atoms with van der Waals surface area (Å²) in [5, 5.41) is 7.16. The number of carbonyl (C=O) groups is 1. The van der Waals surface area contributed by atoms with Crippen LogP contribution in [-0.4, -0.2) is 25.5 Å². The van der Waals surface area contributed by atoms with Crippen molar-refractivity contribution in [1.82, 2.24) is 0 Å². The highest BCUT2D eigenvalue weighted by atomic mass is 35.5. The average Bonchev–Trinajstić information content (AvgIpc) is 3.44. The van der Waals surface area contributed by atoms with Gasteiger partial charge in [-0.05, 0) is 60.7 Å². The van der Waals surface area contributed by atoms with Gasteiger partial charge < -0.3 is 14.2 Å². The number of fused-ring (bicyclic) bond motifs is 1. The van der Waals surface area contributed by atoms with E-state index in [0.717, 1.165) is 22.7 Å². The molecule has 2 heterocycles. The highest BCUT2D eigenvalue weighted by molar-refractivity contribution is 6.44. The molecule has 7 nitrogen and oxygen atoms in total. The molecule has 8 heteroatoms. The Bertz CT molecular complexity index is 1190. The van der Waals surface area contributed by atoms with E-state index in [4.69, 9.17) is 30.9 Å². The van der Waals surface area contributed by atoms with Crippen LogP contribution in [0.25, 0.3) is 0 Å². The zero-order valence-electron chi connectivity index (χ0n) is 17.5. The van der Waals surface area contributed by atoms with Crippen molar-refractivity contribution in [3.63, 3.8) is 0 Å². The van der Waals surface area contributed by atoms with Gasteiger partial charge in [0.25, 0.3) is 0 Å². The fraction of sp³-hybridized carbons (Fsp3) is 0.167. The van der Waals surface area contributed by atoms with Crippen molar-refractivity contribution in [2.24, 2.45) is 5.10 Å². The molecule has 0 bridgehead atoms. The van der Waals surface area contributed by atoms with Crippen molar-refractivity contribution < 1.29 is 19.0 Å². The second-order valence-corrected chi connectivity index (χ2v) is 7.79. The van der Waals surface area contributed by atoms with Crippen LogP contribution < -0.4 is 24.1 Å². The average molecular weight is 450 g/mol. The molecule has 3 aromatic rings. The molecular weight excluding hydrogens is 430 g/mol. The molecule has 0 amide bonds. The summed E-state index contributed by atoms with van der Waals surface area (Å²) in [4.78, 5) is 14.6. The first kappa shape index (κ1) is 20.2. The van der Waals surface area contributed by atoms with Crippen molar-refractivity contribution in [1.29, 1.82) is 0 Å². The summed E-state index contributed by atoms with van der Waals surface area (Å²) in [7, 11) is 1.62. The largest absolute Gasteiger partial charge is 0.497 e. The second kappa shape index (κ2) is 8.09. The Labute approximate surface area is 190 Å². The number of halogens is 1. The molecular formula is C24H20ClN3O4. The number of hydrogen-bond donors (Lipinski definition) is 0. The minimum absolute atomic E-state index is 0.151. The van der Waals surface area contributed by atoms with Gasteiger partial charge in [0.2, 0.25) is 6.79 Å². The third-order valence-corrected chi connectivity index (χ3v) is 5.61. The molecule has 32 heavy (non-hydrogen) atoms. The van der Waals surface area contributed by atoms with E-state index in [1.54, 1.807) is 19.2 Å². The van der Waals surface area contributed by atoms with Gasteiger partial charge in [-0.15, -0.1) is 5.10 Å². The summed E-state index contributed by atoms with van der Waals surface area (Å²) in [5.41, 5.74) is 2.49. The molecule has 0 aliphatic carbocycles. The highest BCUT2D eigenvalue weighted by Crippen LogP contribution is 2.42. The molecule has 0 unspecified atom stereocenters. The van der Waals surface area contributed by atoms with Crippen LogP contribution in [0, 0.1) is 0 Å². The summed E-state index contributed by atoms with van der Waals surface area (Å²) in [6.45, 7) is 1.69. The molecule has 2 aliphatic rings. The van der Waals surface area contributed by atoms with Crippen LogP contribution in [0.1, 0.15) is 18.7 Å². The van der Waals surface area contributed by atoms with E-state index in [9.17, 15) is 4.79 Å². The summed E-state index contributed by atoms with van der Waals surface area (Å²) >= 11 is 6.12.